The van der Waals surface area contributed by atoms with Crippen molar-refractivity contribution in [1.29, 1.82) is 0 Å². The Morgan fingerprint density at radius 1 is 1.21 bits per heavy atom. The molecule has 0 bridgehead atoms. The summed E-state index contributed by atoms with van der Waals surface area (Å²) in [6, 6.07) is 5.52. The standard InChI is InChI=1S/C14H15BrClN3/c1-7-3-9(4-8(2)12(7)15)13(17)11-5-10(16)6-19-14(11)18/h3-6,13H,17H2,1-2H3,(H2,18,19). The lowest BCUT2D eigenvalue weighted by Crippen LogP contribution is -2.15. The quantitative estimate of drug-likeness (QED) is 0.875. The fourth-order valence-corrected chi connectivity index (χ4v) is 2.45. The average molecular weight is 341 g/mol. The van der Waals surface area contributed by atoms with Crippen LogP contribution < -0.4 is 11.5 Å². The predicted octanol–water partition coefficient (Wildman–Crippen LogP) is 3.74. The van der Waals surface area contributed by atoms with Crippen molar-refractivity contribution < 1.29 is 0 Å². The zero-order valence-corrected chi connectivity index (χ0v) is 13.1. The van der Waals surface area contributed by atoms with Gasteiger partial charge in [0, 0.05) is 16.2 Å². The molecule has 1 unspecified atom stereocenters. The number of halogens is 2. The highest BCUT2D eigenvalue weighted by molar-refractivity contribution is 9.10. The van der Waals surface area contributed by atoms with Crippen molar-refractivity contribution in [2.45, 2.75) is 19.9 Å². The number of aromatic nitrogens is 1. The van der Waals surface area contributed by atoms with E-state index in [-0.39, 0.29) is 6.04 Å². The van der Waals surface area contributed by atoms with Gasteiger partial charge in [0.15, 0.2) is 0 Å². The highest BCUT2D eigenvalue weighted by Gasteiger charge is 2.15. The third-order valence-electron chi connectivity index (χ3n) is 3.07. The maximum absolute atomic E-state index is 6.28. The van der Waals surface area contributed by atoms with E-state index in [1.807, 2.05) is 26.0 Å². The van der Waals surface area contributed by atoms with Gasteiger partial charge >= 0.3 is 0 Å². The summed E-state index contributed by atoms with van der Waals surface area (Å²) in [5.74, 6) is 0.412. The van der Waals surface area contributed by atoms with Crippen LogP contribution in [-0.2, 0) is 0 Å². The fraction of sp³-hybridized carbons (Fsp3) is 0.214. The van der Waals surface area contributed by atoms with Gasteiger partial charge in [-0.15, -0.1) is 0 Å². The average Bonchev–Trinajstić information content (AvgIpc) is 2.37. The lowest BCUT2D eigenvalue weighted by atomic mass is 9.97. The second kappa shape index (κ2) is 5.49. The molecule has 0 radical (unpaired) electrons. The summed E-state index contributed by atoms with van der Waals surface area (Å²) in [6.45, 7) is 4.07. The number of hydrogen-bond donors (Lipinski definition) is 2. The number of rotatable bonds is 2. The van der Waals surface area contributed by atoms with E-state index in [0.29, 0.717) is 10.8 Å². The number of hydrogen-bond acceptors (Lipinski definition) is 3. The molecule has 3 nitrogen and oxygen atoms in total. The Kier molecular flexibility index (Phi) is 4.13. The molecule has 1 aromatic carbocycles. The van der Waals surface area contributed by atoms with Crippen LogP contribution in [0.1, 0.15) is 28.3 Å². The first-order valence-electron chi connectivity index (χ1n) is 5.83. The largest absolute Gasteiger partial charge is 0.383 e. The summed E-state index contributed by atoms with van der Waals surface area (Å²) in [7, 11) is 0. The zero-order valence-electron chi connectivity index (χ0n) is 10.7. The van der Waals surface area contributed by atoms with E-state index < -0.39 is 0 Å². The van der Waals surface area contributed by atoms with Crippen molar-refractivity contribution in [3.63, 3.8) is 0 Å². The molecule has 100 valence electrons. The summed E-state index contributed by atoms with van der Waals surface area (Å²) < 4.78 is 1.10. The third-order valence-corrected chi connectivity index (χ3v) is 4.53. The molecule has 1 heterocycles. The summed E-state index contributed by atoms with van der Waals surface area (Å²) in [4.78, 5) is 4.04. The van der Waals surface area contributed by atoms with Crippen molar-refractivity contribution in [3.05, 3.63) is 56.1 Å². The molecule has 0 fully saturated rings. The molecule has 0 aliphatic rings. The van der Waals surface area contributed by atoms with Gasteiger partial charge in [-0.3, -0.25) is 0 Å². The van der Waals surface area contributed by atoms with Gasteiger partial charge in [0.1, 0.15) is 5.82 Å². The minimum absolute atomic E-state index is 0.336. The van der Waals surface area contributed by atoms with Crippen molar-refractivity contribution in [2.24, 2.45) is 5.73 Å². The number of benzene rings is 1. The molecule has 1 atom stereocenters. The van der Waals surface area contributed by atoms with E-state index in [1.54, 1.807) is 6.07 Å². The van der Waals surface area contributed by atoms with Crippen molar-refractivity contribution in [2.75, 3.05) is 5.73 Å². The van der Waals surface area contributed by atoms with Crippen molar-refractivity contribution >= 4 is 33.3 Å². The molecule has 5 heteroatoms. The van der Waals surface area contributed by atoms with E-state index in [2.05, 4.69) is 20.9 Å². The van der Waals surface area contributed by atoms with Crippen LogP contribution in [0.15, 0.2) is 28.9 Å². The first kappa shape index (κ1) is 14.3. The van der Waals surface area contributed by atoms with Crippen LogP contribution in [-0.4, -0.2) is 4.98 Å². The summed E-state index contributed by atoms with van der Waals surface area (Å²) >= 11 is 9.50. The van der Waals surface area contributed by atoms with Crippen LogP contribution >= 0.6 is 27.5 Å². The lowest BCUT2D eigenvalue weighted by molar-refractivity contribution is 0.863. The molecular weight excluding hydrogens is 326 g/mol. The maximum atomic E-state index is 6.28. The third kappa shape index (κ3) is 2.91. The monoisotopic (exact) mass is 339 g/mol. The molecule has 1 aromatic heterocycles. The molecule has 0 saturated heterocycles. The Labute approximate surface area is 126 Å². The molecule has 19 heavy (non-hydrogen) atoms. The minimum atomic E-state index is -0.336. The van der Waals surface area contributed by atoms with Crippen LogP contribution in [0, 0.1) is 13.8 Å². The van der Waals surface area contributed by atoms with Gasteiger partial charge in [-0.2, -0.15) is 0 Å². The van der Waals surface area contributed by atoms with E-state index in [1.165, 1.54) is 6.20 Å². The van der Waals surface area contributed by atoms with Gasteiger partial charge in [0.25, 0.3) is 0 Å². The van der Waals surface area contributed by atoms with E-state index in [4.69, 9.17) is 23.1 Å². The highest BCUT2D eigenvalue weighted by atomic mass is 79.9. The van der Waals surface area contributed by atoms with Crippen LogP contribution in [0.2, 0.25) is 5.02 Å². The van der Waals surface area contributed by atoms with E-state index >= 15 is 0 Å². The Morgan fingerprint density at radius 3 is 2.37 bits per heavy atom. The first-order valence-corrected chi connectivity index (χ1v) is 7.00. The smallest absolute Gasteiger partial charge is 0.128 e. The first-order chi connectivity index (χ1) is 8.90. The van der Waals surface area contributed by atoms with Crippen LogP contribution in [0.5, 0.6) is 0 Å². The minimum Gasteiger partial charge on any atom is -0.383 e. The van der Waals surface area contributed by atoms with Gasteiger partial charge in [-0.1, -0.05) is 39.7 Å². The molecular formula is C14H15BrClN3. The van der Waals surface area contributed by atoms with Gasteiger partial charge in [0.2, 0.25) is 0 Å². The molecule has 0 saturated carbocycles. The number of nitrogens with two attached hydrogens (primary N) is 2. The lowest BCUT2D eigenvalue weighted by Gasteiger charge is -2.17. The SMILES string of the molecule is Cc1cc(C(N)c2cc(Cl)cnc2N)cc(C)c1Br. The van der Waals surface area contributed by atoms with Gasteiger partial charge in [-0.05, 0) is 36.6 Å². The van der Waals surface area contributed by atoms with Crippen molar-refractivity contribution in [3.8, 4) is 0 Å². The van der Waals surface area contributed by atoms with E-state index in [9.17, 15) is 0 Å². The van der Waals surface area contributed by atoms with Gasteiger partial charge in [0.05, 0.1) is 11.1 Å². The molecule has 4 N–H and O–H groups in total. The number of anilines is 1. The van der Waals surface area contributed by atoms with Crippen LogP contribution in [0.4, 0.5) is 5.82 Å². The number of pyridine rings is 1. The maximum Gasteiger partial charge on any atom is 0.128 e. The van der Waals surface area contributed by atoms with Gasteiger partial charge in [-0.25, -0.2) is 4.98 Å². The topological polar surface area (TPSA) is 64.9 Å². The predicted molar refractivity (Wildman–Crippen MR) is 83.3 cm³/mol. The van der Waals surface area contributed by atoms with Gasteiger partial charge < -0.3 is 11.5 Å². The number of nitrogen functional groups attached to an aromatic ring is 1. The summed E-state index contributed by atoms with van der Waals surface area (Å²) in [5, 5.41) is 0.533. The fourth-order valence-electron chi connectivity index (χ4n) is 2.05. The number of nitrogens with zero attached hydrogens (tertiary/aromatic N) is 1. The molecule has 0 aliphatic carbocycles. The molecule has 0 spiro atoms. The second-order valence-electron chi connectivity index (χ2n) is 4.57. The second-order valence-corrected chi connectivity index (χ2v) is 5.80. The molecule has 2 aromatic rings. The number of aryl methyl sites for hydroxylation is 2. The van der Waals surface area contributed by atoms with Crippen LogP contribution in [0.3, 0.4) is 0 Å². The zero-order chi connectivity index (χ0) is 14.2. The van der Waals surface area contributed by atoms with Crippen LogP contribution in [0.25, 0.3) is 0 Å². The highest BCUT2D eigenvalue weighted by Crippen LogP contribution is 2.30. The molecule has 0 amide bonds. The Hall–Kier alpha value is -1.10. The molecule has 0 aliphatic heterocycles. The van der Waals surface area contributed by atoms with Crippen molar-refractivity contribution in [1.82, 2.24) is 4.98 Å². The Morgan fingerprint density at radius 2 is 1.79 bits per heavy atom. The normalized spacial score (nSPS) is 12.5. The Balaban J connectivity index is 2.49. The molecule has 2 rings (SSSR count). The Bertz CT molecular complexity index is 605. The summed E-state index contributed by atoms with van der Waals surface area (Å²) in [6.07, 6.45) is 1.52. The summed E-state index contributed by atoms with van der Waals surface area (Å²) in [5.41, 5.74) is 16.2. The van der Waals surface area contributed by atoms with E-state index in [0.717, 1.165) is 26.7 Å².